The Morgan fingerprint density at radius 1 is 1.00 bits per heavy atom. The van der Waals surface area contributed by atoms with Crippen molar-refractivity contribution in [1.82, 2.24) is 0 Å². The molecule has 2 rings (SSSR count). The van der Waals surface area contributed by atoms with Gasteiger partial charge in [-0.1, -0.05) is 18.2 Å². The summed E-state index contributed by atoms with van der Waals surface area (Å²) in [5, 5.41) is 29.1. The summed E-state index contributed by atoms with van der Waals surface area (Å²) in [6.07, 6.45) is 0.224. The van der Waals surface area contributed by atoms with E-state index < -0.39 is 6.10 Å². The lowest BCUT2D eigenvalue weighted by atomic mass is 10.0. The van der Waals surface area contributed by atoms with Crippen molar-refractivity contribution in [3.63, 3.8) is 0 Å². The fourth-order valence-corrected chi connectivity index (χ4v) is 2.07. The number of ether oxygens (including phenoxy) is 1. The molecule has 0 spiro atoms. The zero-order valence-corrected chi connectivity index (χ0v) is 11.3. The van der Waals surface area contributed by atoms with Gasteiger partial charge >= 0.3 is 0 Å². The molecule has 0 bridgehead atoms. The Morgan fingerprint density at radius 3 is 2.30 bits per heavy atom. The summed E-state index contributed by atoms with van der Waals surface area (Å²) in [7, 11) is 1.54. The van der Waals surface area contributed by atoms with Crippen LogP contribution >= 0.6 is 0 Å². The third-order valence-electron chi connectivity index (χ3n) is 3.16. The standard InChI is InChI=1S/C16H18O4/c1-20-15-7-4-12(16(19)10-15)9-14(18)8-11-2-5-13(17)6-3-11/h2-7,10,14,17-19H,8-9H2,1H3. The molecule has 2 aromatic carbocycles. The smallest absolute Gasteiger partial charge is 0.122 e. The van der Waals surface area contributed by atoms with Crippen molar-refractivity contribution < 1.29 is 20.1 Å². The average molecular weight is 274 g/mol. The number of phenolic OH excluding ortho intramolecular Hbond substituents is 2. The predicted octanol–water partition coefficient (Wildman–Crippen LogP) is 2.25. The SMILES string of the molecule is COc1ccc(CC(O)Cc2ccc(O)cc2)c(O)c1. The van der Waals surface area contributed by atoms with Gasteiger partial charge in [-0.3, -0.25) is 0 Å². The fraction of sp³-hybridized carbons (Fsp3) is 0.250. The Labute approximate surface area is 117 Å². The molecule has 3 N–H and O–H groups in total. The van der Waals surface area contributed by atoms with E-state index in [2.05, 4.69) is 0 Å². The maximum atomic E-state index is 10.1. The van der Waals surface area contributed by atoms with Crippen molar-refractivity contribution in [2.24, 2.45) is 0 Å². The molecule has 0 saturated carbocycles. The number of hydrogen-bond donors (Lipinski definition) is 3. The summed E-state index contributed by atoms with van der Waals surface area (Å²) in [6, 6.07) is 11.7. The highest BCUT2D eigenvalue weighted by atomic mass is 16.5. The van der Waals surface area contributed by atoms with E-state index in [4.69, 9.17) is 4.74 Å². The summed E-state index contributed by atoms with van der Waals surface area (Å²) in [4.78, 5) is 0. The molecule has 0 saturated heterocycles. The largest absolute Gasteiger partial charge is 0.508 e. The molecule has 0 radical (unpaired) electrons. The van der Waals surface area contributed by atoms with Gasteiger partial charge in [-0.2, -0.15) is 0 Å². The molecular formula is C16H18O4. The number of aliphatic hydroxyl groups excluding tert-OH is 1. The zero-order chi connectivity index (χ0) is 14.5. The first-order valence-electron chi connectivity index (χ1n) is 6.40. The Hall–Kier alpha value is -2.20. The Morgan fingerprint density at radius 2 is 1.70 bits per heavy atom. The number of aromatic hydroxyl groups is 2. The maximum Gasteiger partial charge on any atom is 0.122 e. The van der Waals surface area contributed by atoms with Crippen molar-refractivity contribution in [3.8, 4) is 17.2 Å². The third-order valence-corrected chi connectivity index (χ3v) is 3.16. The lowest BCUT2D eigenvalue weighted by Gasteiger charge is -2.12. The van der Waals surface area contributed by atoms with Crippen LogP contribution in [-0.4, -0.2) is 28.5 Å². The monoisotopic (exact) mass is 274 g/mol. The molecule has 0 heterocycles. The minimum absolute atomic E-state index is 0.120. The summed E-state index contributed by atoms with van der Waals surface area (Å²) in [5.41, 5.74) is 1.61. The highest BCUT2D eigenvalue weighted by molar-refractivity contribution is 5.40. The first kappa shape index (κ1) is 14.2. The molecule has 106 valence electrons. The molecular weight excluding hydrogens is 256 g/mol. The number of benzene rings is 2. The van der Waals surface area contributed by atoms with Crippen LogP contribution in [-0.2, 0) is 12.8 Å². The predicted molar refractivity (Wildman–Crippen MR) is 76.2 cm³/mol. The molecule has 4 heteroatoms. The second-order valence-corrected chi connectivity index (χ2v) is 4.72. The minimum atomic E-state index is -0.598. The van der Waals surface area contributed by atoms with E-state index in [1.807, 2.05) is 0 Å². The van der Waals surface area contributed by atoms with E-state index in [0.29, 0.717) is 24.2 Å². The number of hydrogen-bond acceptors (Lipinski definition) is 4. The lowest BCUT2D eigenvalue weighted by Crippen LogP contribution is -2.14. The van der Waals surface area contributed by atoms with E-state index in [1.54, 1.807) is 36.4 Å². The van der Waals surface area contributed by atoms with Crippen LogP contribution in [0.3, 0.4) is 0 Å². The second kappa shape index (κ2) is 6.30. The van der Waals surface area contributed by atoms with Gasteiger partial charge in [0.15, 0.2) is 0 Å². The number of rotatable bonds is 5. The lowest BCUT2D eigenvalue weighted by molar-refractivity contribution is 0.174. The highest BCUT2D eigenvalue weighted by Crippen LogP contribution is 2.25. The Kier molecular flexibility index (Phi) is 4.48. The van der Waals surface area contributed by atoms with Gasteiger partial charge in [0, 0.05) is 12.5 Å². The summed E-state index contributed by atoms with van der Waals surface area (Å²) in [5.74, 6) is 0.907. The Bertz CT molecular complexity index is 563. The molecule has 0 aliphatic rings. The number of phenols is 2. The van der Waals surface area contributed by atoms with Gasteiger partial charge in [0.2, 0.25) is 0 Å². The third kappa shape index (κ3) is 3.65. The van der Waals surface area contributed by atoms with E-state index in [0.717, 1.165) is 5.56 Å². The van der Waals surface area contributed by atoms with Crippen LogP contribution in [0.2, 0.25) is 0 Å². The average Bonchev–Trinajstić information content (AvgIpc) is 2.43. The van der Waals surface area contributed by atoms with Crippen LogP contribution in [0.25, 0.3) is 0 Å². The molecule has 0 fully saturated rings. The van der Waals surface area contributed by atoms with Crippen molar-refractivity contribution in [1.29, 1.82) is 0 Å². The number of aliphatic hydroxyl groups is 1. The van der Waals surface area contributed by atoms with Crippen molar-refractivity contribution in [2.75, 3.05) is 7.11 Å². The van der Waals surface area contributed by atoms with Gasteiger partial charge in [-0.15, -0.1) is 0 Å². The van der Waals surface area contributed by atoms with Crippen LogP contribution in [0, 0.1) is 0 Å². The van der Waals surface area contributed by atoms with Crippen LogP contribution < -0.4 is 4.74 Å². The first-order chi connectivity index (χ1) is 9.58. The molecule has 20 heavy (non-hydrogen) atoms. The molecule has 0 aromatic heterocycles. The maximum absolute atomic E-state index is 10.1. The quantitative estimate of drug-likeness (QED) is 0.782. The highest BCUT2D eigenvalue weighted by Gasteiger charge is 2.11. The molecule has 0 aliphatic heterocycles. The molecule has 2 aromatic rings. The normalized spacial score (nSPS) is 12.1. The van der Waals surface area contributed by atoms with Crippen LogP contribution in [0.5, 0.6) is 17.2 Å². The van der Waals surface area contributed by atoms with Gasteiger partial charge in [-0.25, -0.2) is 0 Å². The van der Waals surface area contributed by atoms with Crippen molar-refractivity contribution >= 4 is 0 Å². The zero-order valence-electron chi connectivity index (χ0n) is 11.3. The molecule has 1 atom stereocenters. The van der Waals surface area contributed by atoms with Gasteiger partial charge < -0.3 is 20.1 Å². The van der Waals surface area contributed by atoms with Gasteiger partial charge in [-0.05, 0) is 35.7 Å². The van der Waals surface area contributed by atoms with Gasteiger partial charge in [0.1, 0.15) is 17.2 Å². The van der Waals surface area contributed by atoms with Crippen LogP contribution in [0.1, 0.15) is 11.1 Å². The topological polar surface area (TPSA) is 69.9 Å². The van der Waals surface area contributed by atoms with E-state index in [1.165, 1.54) is 13.2 Å². The van der Waals surface area contributed by atoms with Gasteiger partial charge in [0.05, 0.1) is 13.2 Å². The molecule has 0 amide bonds. The first-order valence-corrected chi connectivity index (χ1v) is 6.40. The Balaban J connectivity index is 2.00. The minimum Gasteiger partial charge on any atom is -0.508 e. The van der Waals surface area contributed by atoms with Crippen LogP contribution in [0.4, 0.5) is 0 Å². The van der Waals surface area contributed by atoms with E-state index in [-0.39, 0.29) is 11.5 Å². The fourth-order valence-electron chi connectivity index (χ4n) is 2.07. The summed E-state index contributed by atoms with van der Waals surface area (Å²) < 4.78 is 5.02. The molecule has 1 unspecified atom stereocenters. The second-order valence-electron chi connectivity index (χ2n) is 4.72. The van der Waals surface area contributed by atoms with Crippen LogP contribution in [0.15, 0.2) is 42.5 Å². The summed E-state index contributed by atoms with van der Waals surface area (Å²) >= 11 is 0. The van der Waals surface area contributed by atoms with Crippen molar-refractivity contribution in [2.45, 2.75) is 18.9 Å². The summed E-state index contributed by atoms with van der Waals surface area (Å²) in [6.45, 7) is 0. The van der Waals surface area contributed by atoms with E-state index in [9.17, 15) is 15.3 Å². The molecule has 4 nitrogen and oxygen atoms in total. The molecule has 0 aliphatic carbocycles. The van der Waals surface area contributed by atoms with E-state index >= 15 is 0 Å². The van der Waals surface area contributed by atoms with Crippen molar-refractivity contribution in [3.05, 3.63) is 53.6 Å². The number of methoxy groups -OCH3 is 1. The van der Waals surface area contributed by atoms with Gasteiger partial charge in [0.25, 0.3) is 0 Å².